The molecule has 0 bridgehead atoms. The van der Waals surface area contributed by atoms with E-state index < -0.39 is 11.8 Å². The standard InChI is InChI=1S/C8H11FO2/c1-2-11-8(10)7(9)5-6-3-4-6/h5-6H,2-4H2,1H3/b7-5-. The van der Waals surface area contributed by atoms with Crippen molar-refractivity contribution < 1.29 is 13.9 Å². The third-order valence-corrected chi connectivity index (χ3v) is 1.47. The molecule has 0 atom stereocenters. The van der Waals surface area contributed by atoms with Gasteiger partial charge in [-0.1, -0.05) is 0 Å². The van der Waals surface area contributed by atoms with Gasteiger partial charge in [0.25, 0.3) is 0 Å². The summed E-state index contributed by atoms with van der Waals surface area (Å²) in [5.41, 5.74) is 0. The molecule has 0 radical (unpaired) electrons. The smallest absolute Gasteiger partial charge is 0.366 e. The van der Waals surface area contributed by atoms with Crippen LogP contribution >= 0.6 is 0 Å². The van der Waals surface area contributed by atoms with Gasteiger partial charge in [0.1, 0.15) is 0 Å². The van der Waals surface area contributed by atoms with E-state index in [0.29, 0.717) is 0 Å². The Balaban J connectivity index is 2.37. The predicted molar refractivity (Wildman–Crippen MR) is 38.5 cm³/mol. The molecule has 0 unspecified atom stereocenters. The highest BCUT2D eigenvalue weighted by atomic mass is 19.1. The van der Waals surface area contributed by atoms with Crippen molar-refractivity contribution >= 4 is 5.97 Å². The highest BCUT2D eigenvalue weighted by molar-refractivity contribution is 5.85. The first kappa shape index (κ1) is 8.24. The zero-order chi connectivity index (χ0) is 8.27. The van der Waals surface area contributed by atoms with Crippen molar-refractivity contribution in [2.75, 3.05) is 6.61 Å². The second-order valence-electron chi connectivity index (χ2n) is 2.57. The van der Waals surface area contributed by atoms with E-state index in [1.807, 2.05) is 0 Å². The lowest BCUT2D eigenvalue weighted by atomic mass is 10.3. The van der Waals surface area contributed by atoms with Gasteiger partial charge < -0.3 is 4.74 Å². The minimum atomic E-state index is -0.834. The maximum atomic E-state index is 12.7. The van der Waals surface area contributed by atoms with E-state index in [1.54, 1.807) is 6.92 Å². The van der Waals surface area contributed by atoms with Crippen molar-refractivity contribution in [2.45, 2.75) is 19.8 Å². The molecule has 0 aromatic rings. The second-order valence-corrected chi connectivity index (χ2v) is 2.57. The van der Waals surface area contributed by atoms with E-state index in [0.717, 1.165) is 12.8 Å². The molecular weight excluding hydrogens is 147 g/mol. The molecule has 62 valence electrons. The van der Waals surface area contributed by atoms with Crippen LogP contribution in [-0.4, -0.2) is 12.6 Å². The summed E-state index contributed by atoms with van der Waals surface area (Å²) >= 11 is 0. The number of hydrogen-bond donors (Lipinski definition) is 0. The molecule has 2 nitrogen and oxygen atoms in total. The molecular formula is C8H11FO2. The monoisotopic (exact) mass is 158 g/mol. The number of carbonyl (C=O) groups is 1. The van der Waals surface area contributed by atoms with Crippen LogP contribution in [0.2, 0.25) is 0 Å². The third kappa shape index (κ3) is 2.70. The predicted octanol–water partition coefficient (Wildman–Crippen LogP) is 1.81. The topological polar surface area (TPSA) is 26.3 Å². The summed E-state index contributed by atoms with van der Waals surface area (Å²) in [6.07, 6.45) is 3.33. The molecule has 0 saturated heterocycles. The molecule has 0 spiro atoms. The Bertz CT molecular complexity index is 183. The minimum Gasteiger partial charge on any atom is -0.461 e. The SMILES string of the molecule is CCOC(=O)/C(F)=C/C1CC1. The third-order valence-electron chi connectivity index (χ3n) is 1.47. The molecule has 0 aromatic heterocycles. The van der Waals surface area contributed by atoms with E-state index in [4.69, 9.17) is 0 Å². The van der Waals surface area contributed by atoms with Crippen molar-refractivity contribution in [1.29, 1.82) is 0 Å². The molecule has 0 heterocycles. The molecule has 3 heteroatoms. The van der Waals surface area contributed by atoms with Crippen molar-refractivity contribution in [3.8, 4) is 0 Å². The quantitative estimate of drug-likeness (QED) is 0.462. The number of allylic oxidation sites excluding steroid dienone is 1. The van der Waals surface area contributed by atoms with E-state index in [1.165, 1.54) is 6.08 Å². The van der Waals surface area contributed by atoms with Gasteiger partial charge in [-0.2, -0.15) is 4.39 Å². The van der Waals surface area contributed by atoms with Crippen LogP contribution in [-0.2, 0) is 9.53 Å². The molecule has 1 rings (SSSR count). The second kappa shape index (κ2) is 3.51. The lowest BCUT2D eigenvalue weighted by molar-refractivity contribution is -0.140. The van der Waals surface area contributed by atoms with Gasteiger partial charge >= 0.3 is 5.97 Å². The van der Waals surface area contributed by atoms with E-state index in [9.17, 15) is 9.18 Å². The van der Waals surface area contributed by atoms with Crippen molar-refractivity contribution in [3.63, 3.8) is 0 Å². The lowest BCUT2D eigenvalue weighted by Gasteiger charge is -1.96. The van der Waals surface area contributed by atoms with Crippen LogP contribution in [0.25, 0.3) is 0 Å². The van der Waals surface area contributed by atoms with E-state index in [-0.39, 0.29) is 12.5 Å². The van der Waals surface area contributed by atoms with Gasteiger partial charge in [-0.3, -0.25) is 0 Å². The molecule has 0 aromatic carbocycles. The van der Waals surface area contributed by atoms with Crippen LogP contribution in [0.3, 0.4) is 0 Å². The maximum Gasteiger partial charge on any atom is 0.366 e. The number of rotatable bonds is 3. The normalized spacial score (nSPS) is 18.2. The number of halogens is 1. The zero-order valence-electron chi connectivity index (χ0n) is 6.47. The molecule has 1 aliphatic rings. The number of esters is 1. The van der Waals surface area contributed by atoms with Crippen molar-refractivity contribution in [3.05, 3.63) is 11.9 Å². The fraction of sp³-hybridized carbons (Fsp3) is 0.625. The number of ether oxygens (including phenoxy) is 1. The average molecular weight is 158 g/mol. The number of carbonyl (C=O) groups excluding carboxylic acids is 1. The fourth-order valence-electron chi connectivity index (χ4n) is 0.738. The van der Waals surface area contributed by atoms with Gasteiger partial charge in [0.2, 0.25) is 5.83 Å². The van der Waals surface area contributed by atoms with E-state index in [2.05, 4.69) is 4.74 Å². The average Bonchev–Trinajstić information content (AvgIpc) is 2.72. The van der Waals surface area contributed by atoms with Gasteiger partial charge in [0.05, 0.1) is 6.61 Å². The molecule has 0 amide bonds. The van der Waals surface area contributed by atoms with Crippen LogP contribution in [0.5, 0.6) is 0 Å². The van der Waals surface area contributed by atoms with Crippen molar-refractivity contribution in [1.82, 2.24) is 0 Å². The summed E-state index contributed by atoms with van der Waals surface area (Å²) in [6.45, 7) is 1.88. The summed E-state index contributed by atoms with van der Waals surface area (Å²) < 4.78 is 17.1. The van der Waals surface area contributed by atoms with Crippen LogP contribution in [0.15, 0.2) is 11.9 Å². The van der Waals surface area contributed by atoms with Crippen LogP contribution in [0.1, 0.15) is 19.8 Å². The summed E-state index contributed by atoms with van der Waals surface area (Å²) in [7, 11) is 0. The molecule has 0 N–H and O–H groups in total. The zero-order valence-corrected chi connectivity index (χ0v) is 6.47. The van der Waals surface area contributed by atoms with Gasteiger partial charge in [-0.15, -0.1) is 0 Å². The lowest BCUT2D eigenvalue weighted by Crippen LogP contribution is -2.04. The fourth-order valence-corrected chi connectivity index (χ4v) is 0.738. The maximum absolute atomic E-state index is 12.7. The summed E-state index contributed by atoms with van der Waals surface area (Å²) in [6, 6.07) is 0. The molecule has 1 fully saturated rings. The Morgan fingerprint density at radius 2 is 2.36 bits per heavy atom. The first-order valence-corrected chi connectivity index (χ1v) is 3.78. The highest BCUT2D eigenvalue weighted by Gasteiger charge is 2.22. The van der Waals surface area contributed by atoms with Gasteiger partial charge in [-0.25, -0.2) is 4.79 Å². The van der Waals surface area contributed by atoms with Crippen molar-refractivity contribution in [2.24, 2.45) is 5.92 Å². The molecule has 1 aliphatic carbocycles. The molecule has 11 heavy (non-hydrogen) atoms. The van der Waals surface area contributed by atoms with Gasteiger partial charge in [0, 0.05) is 0 Å². The first-order chi connectivity index (χ1) is 5.24. The number of hydrogen-bond acceptors (Lipinski definition) is 2. The Hall–Kier alpha value is -0.860. The summed E-state index contributed by atoms with van der Waals surface area (Å²) in [5.74, 6) is -1.30. The molecule has 1 saturated carbocycles. The van der Waals surface area contributed by atoms with Crippen LogP contribution < -0.4 is 0 Å². The Kier molecular flexibility index (Phi) is 2.63. The highest BCUT2D eigenvalue weighted by Crippen LogP contribution is 2.31. The summed E-state index contributed by atoms with van der Waals surface area (Å²) in [5, 5.41) is 0. The largest absolute Gasteiger partial charge is 0.461 e. The van der Waals surface area contributed by atoms with E-state index >= 15 is 0 Å². The van der Waals surface area contributed by atoms with Crippen LogP contribution in [0.4, 0.5) is 4.39 Å². The van der Waals surface area contributed by atoms with Gasteiger partial charge in [-0.05, 0) is 31.8 Å². The minimum absolute atomic E-state index is 0.227. The Morgan fingerprint density at radius 1 is 1.73 bits per heavy atom. The molecule has 0 aliphatic heterocycles. The Morgan fingerprint density at radius 3 is 2.82 bits per heavy atom. The van der Waals surface area contributed by atoms with Gasteiger partial charge in [0.15, 0.2) is 0 Å². The van der Waals surface area contributed by atoms with Crippen LogP contribution in [0, 0.1) is 5.92 Å². The Labute approximate surface area is 65.0 Å². The first-order valence-electron chi connectivity index (χ1n) is 3.78. The summed E-state index contributed by atoms with van der Waals surface area (Å²) in [4.78, 5) is 10.6.